The molecule has 0 saturated heterocycles. The van der Waals surface area contributed by atoms with Crippen LogP contribution in [0.3, 0.4) is 0 Å². The maximum Gasteiger partial charge on any atom is 0.225 e. The molecule has 132 valence electrons. The van der Waals surface area contributed by atoms with Crippen molar-refractivity contribution in [2.45, 2.75) is 26.3 Å². The summed E-state index contributed by atoms with van der Waals surface area (Å²) in [5.41, 5.74) is 4.03. The Hall–Kier alpha value is -2.95. The van der Waals surface area contributed by atoms with Crippen LogP contribution in [0.5, 0.6) is 0 Å². The van der Waals surface area contributed by atoms with Gasteiger partial charge in [0.25, 0.3) is 0 Å². The van der Waals surface area contributed by atoms with Crippen molar-refractivity contribution in [3.63, 3.8) is 0 Å². The number of hydrogen-bond acceptors (Lipinski definition) is 4. The molecule has 4 rings (SSSR count). The number of rotatable bonds is 4. The molecule has 0 spiro atoms. The fourth-order valence-electron chi connectivity index (χ4n) is 3.36. The van der Waals surface area contributed by atoms with E-state index in [-0.39, 0.29) is 5.82 Å². The van der Waals surface area contributed by atoms with Gasteiger partial charge in [0.2, 0.25) is 5.95 Å². The fourth-order valence-corrected chi connectivity index (χ4v) is 3.36. The number of halogens is 1. The Morgan fingerprint density at radius 2 is 1.88 bits per heavy atom. The van der Waals surface area contributed by atoms with E-state index in [1.165, 1.54) is 17.3 Å². The molecular formula is C21H21FN4. The molecule has 26 heavy (non-hydrogen) atoms. The molecular weight excluding hydrogens is 327 g/mol. The number of aryl methyl sites for hydroxylation is 2. The summed E-state index contributed by atoms with van der Waals surface area (Å²) in [5, 5.41) is 3.16. The number of hydrogen-bond donors (Lipinski definition) is 1. The molecule has 0 amide bonds. The number of fused-ring (bicyclic) bond motifs is 1. The van der Waals surface area contributed by atoms with Gasteiger partial charge in [-0.05, 0) is 37.5 Å². The van der Waals surface area contributed by atoms with Crippen LogP contribution < -0.4 is 10.2 Å². The Morgan fingerprint density at radius 3 is 2.77 bits per heavy atom. The Bertz CT molecular complexity index is 925. The van der Waals surface area contributed by atoms with E-state index in [0.717, 1.165) is 30.9 Å². The highest BCUT2D eigenvalue weighted by molar-refractivity contribution is 5.66. The minimum atomic E-state index is -0.224. The van der Waals surface area contributed by atoms with Crippen LogP contribution in [0, 0.1) is 12.7 Å². The maximum atomic E-state index is 13.8. The third-order valence-corrected chi connectivity index (χ3v) is 4.62. The highest BCUT2D eigenvalue weighted by Crippen LogP contribution is 2.32. The smallest absolute Gasteiger partial charge is 0.225 e. The Morgan fingerprint density at radius 1 is 1.08 bits per heavy atom. The SMILES string of the molecule is Cc1cc(N2CCCc3ccccc32)nc(NCc2ccccc2F)n1. The van der Waals surface area contributed by atoms with Crippen LogP contribution in [0.25, 0.3) is 0 Å². The van der Waals surface area contributed by atoms with E-state index in [1.807, 2.05) is 19.1 Å². The van der Waals surface area contributed by atoms with Gasteiger partial charge < -0.3 is 10.2 Å². The zero-order valence-corrected chi connectivity index (χ0v) is 14.7. The first-order valence-corrected chi connectivity index (χ1v) is 8.89. The number of nitrogens with one attached hydrogen (secondary N) is 1. The molecule has 0 aliphatic carbocycles. The molecule has 0 atom stereocenters. The van der Waals surface area contributed by atoms with Gasteiger partial charge in [-0.2, -0.15) is 4.98 Å². The van der Waals surface area contributed by atoms with Crippen molar-refractivity contribution in [3.8, 4) is 0 Å². The highest BCUT2D eigenvalue weighted by Gasteiger charge is 2.19. The topological polar surface area (TPSA) is 41.1 Å². The molecule has 1 aliphatic heterocycles. The maximum absolute atomic E-state index is 13.8. The van der Waals surface area contributed by atoms with Crippen molar-refractivity contribution in [1.29, 1.82) is 0 Å². The van der Waals surface area contributed by atoms with Gasteiger partial charge in [0.15, 0.2) is 0 Å². The van der Waals surface area contributed by atoms with E-state index < -0.39 is 0 Å². The molecule has 1 aliphatic rings. The summed E-state index contributed by atoms with van der Waals surface area (Å²) in [6.45, 7) is 3.24. The summed E-state index contributed by atoms with van der Waals surface area (Å²) in [7, 11) is 0. The average molecular weight is 348 g/mol. The molecule has 0 saturated carbocycles. The molecule has 1 aromatic heterocycles. The first-order valence-electron chi connectivity index (χ1n) is 8.89. The van der Waals surface area contributed by atoms with E-state index >= 15 is 0 Å². The Kier molecular flexibility index (Phi) is 4.52. The van der Waals surface area contributed by atoms with Crippen LogP contribution in [0.15, 0.2) is 54.6 Å². The summed E-state index contributed by atoms with van der Waals surface area (Å²) in [5.74, 6) is 1.17. The predicted octanol–water partition coefficient (Wildman–Crippen LogP) is 4.62. The number of aromatic nitrogens is 2. The van der Waals surface area contributed by atoms with Crippen LogP contribution in [-0.4, -0.2) is 16.5 Å². The van der Waals surface area contributed by atoms with Crippen molar-refractivity contribution >= 4 is 17.5 Å². The van der Waals surface area contributed by atoms with Crippen LogP contribution in [0.2, 0.25) is 0 Å². The zero-order valence-electron chi connectivity index (χ0n) is 14.7. The number of nitrogens with zero attached hydrogens (tertiary/aromatic N) is 3. The molecule has 3 aromatic rings. The van der Waals surface area contributed by atoms with E-state index in [9.17, 15) is 4.39 Å². The van der Waals surface area contributed by atoms with Crippen molar-refractivity contribution in [2.24, 2.45) is 0 Å². The standard InChI is InChI=1S/C21H21FN4/c1-15-13-20(26-12-6-9-16-7-3-5-11-19(16)26)25-21(24-15)23-14-17-8-2-4-10-18(17)22/h2-5,7-8,10-11,13H,6,9,12,14H2,1H3,(H,23,24,25). The molecule has 5 heteroatoms. The largest absolute Gasteiger partial charge is 0.350 e. The lowest BCUT2D eigenvalue weighted by atomic mass is 10.0. The van der Waals surface area contributed by atoms with Gasteiger partial charge in [0.05, 0.1) is 0 Å². The van der Waals surface area contributed by atoms with Gasteiger partial charge in [-0.25, -0.2) is 9.37 Å². The first kappa shape index (κ1) is 16.5. The van der Waals surface area contributed by atoms with Crippen molar-refractivity contribution in [3.05, 3.63) is 77.2 Å². The first-order chi connectivity index (χ1) is 12.7. The normalized spacial score (nSPS) is 13.4. The predicted molar refractivity (Wildman–Crippen MR) is 102 cm³/mol. The molecule has 1 N–H and O–H groups in total. The van der Waals surface area contributed by atoms with Gasteiger partial charge in [-0.15, -0.1) is 0 Å². The molecule has 0 bridgehead atoms. The van der Waals surface area contributed by atoms with Crippen LogP contribution >= 0.6 is 0 Å². The Labute approximate surface area is 152 Å². The lowest BCUT2D eigenvalue weighted by Gasteiger charge is -2.30. The summed E-state index contributed by atoms with van der Waals surface area (Å²) in [6.07, 6.45) is 2.19. The molecule has 0 fully saturated rings. The molecule has 2 heterocycles. The minimum absolute atomic E-state index is 0.224. The number of para-hydroxylation sites is 1. The summed E-state index contributed by atoms with van der Waals surface area (Å²) in [6, 6.07) is 17.2. The number of anilines is 3. The fraction of sp³-hybridized carbons (Fsp3) is 0.238. The van der Waals surface area contributed by atoms with Crippen LogP contribution in [-0.2, 0) is 13.0 Å². The minimum Gasteiger partial charge on any atom is -0.350 e. The third-order valence-electron chi connectivity index (χ3n) is 4.62. The lowest BCUT2D eigenvalue weighted by Crippen LogP contribution is -2.25. The zero-order chi connectivity index (χ0) is 17.9. The molecule has 2 aromatic carbocycles. The lowest BCUT2D eigenvalue weighted by molar-refractivity contribution is 0.612. The van der Waals surface area contributed by atoms with E-state index in [1.54, 1.807) is 12.1 Å². The van der Waals surface area contributed by atoms with Crippen molar-refractivity contribution < 1.29 is 4.39 Å². The summed E-state index contributed by atoms with van der Waals surface area (Å²) < 4.78 is 13.8. The monoisotopic (exact) mass is 348 g/mol. The summed E-state index contributed by atoms with van der Waals surface area (Å²) >= 11 is 0. The van der Waals surface area contributed by atoms with E-state index in [4.69, 9.17) is 0 Å². The average Bonchev–Trinajstić information content (AvgIpc) is 2.66. The second kappa shape index (κ2) is 7.12. The highest BCUT2D eigenvalue weighted by atomic mass is 19.1. The van der Waals surface area contributed by atoms with Gasteiger partial charge in [0, 0.05) is 36.1 Å². The Balaban J connectivity index is 1.60. The quantitative estimate of drug-likeness (QED) is 0.747. The van der Waals surface area contributed by atoms with Crippen LogP contribution in [0.4, 0.5) is 21.8 Å². The molecule has 0 unspecified atom stereocenters. The molecule has 4 nitrogen and oxygen atoms in total. The summed E-state index contributed by atoms with van der Waals surface area (Å²) in [4.78, 5) is 11.4. The van der Waals surface area contributed by atoms with Crippen molar-refractivity contribution in [2.75, 3.05) is 16.8 Å². The third kappa shape index (κ3) is 3.38. The van der Waals surface area contributed by atoms with E-state index in [0.29, 0.717) is 18.1 Å². The van der Waals surface area contributed by atoms with Crippen LogP contribution in [0.1, 0.15) is 23.2 Å². The van der Waals surface area contributed by atoms with E-state index in [2.05, 4.69) is 44.5 Å². The van der Waals surface area contributed by atoms with Gasteiger partial charge in [-0.1, -0.05) is 36.4 Å². The molecule has 0 radical (unpaired) electrons. The number of benzene rings is 2. The van der Waals surface area contributed by atoms with Gasteiger partial charge in [0.1, 0.15) is 11.6 Å². The van der Waals surface area contributed by atoms with Gasteiger partial charge in [-0.3, -0.25) is 0 Å². The van der Waals surface area contributed by atoms with Crippen molar-refractivity contribution in [1.82, 2.24) is 9.97 Å². The second-order valence-corrected chi connectivity index (χ2v) is 6.52. The second-order valence-electron chi connectivity index (χ2n) is 6.52. The van der Waals surface area contributed by atoms with Gasteiger partial charge >= 0.3 is 0 Å².